The van der Waals surface area contributed by atoms with Crippen LogP contribution >= 0.6 is 0 Å². The highest BCUT2D eigenvalue weighted by Crippen LogP contribution is 2.14. The summed E-state index contributed by atoms with van der Waals surface area (Å²) in [5.74, 6) is -0.695. The second-order valence-corrected chi connectivity index (χ2v) is 4.60. The SMILES string of the molecule is CNC(=O)C(C)CN(C)Cc1cccc(C#N)c1F. The lowest BCUT2D eigenvalue weighted by atomic mass is 10.1. The minimum absolute atomic E-state index is 0.0434. The van der Waals surface area contributed by atoms with Crippen LogP contribution in [-0.2, 0) is 11.3 Å². The summed E-state index contributed by atoms with van der Waals surface area (Å²) in [6, 6.07) is 6.58. The summed E-state index contributed by atoms with van der Waals surface area (Å²) >= 11 is 0. The van der Waals surface area contributed by atoms with Gasteiger partial charge in [-0.2, -0.15) is 5.26 Å². The van der Waals surface area contributed by atoms with Crippen molar-refractivity contribution >= 4 is 5.91 Å². The van der Waals surface area contributed by atoms with Crippen LogP contribution in [0.2, 0.25) is 0 Å². The Balaban J connectivity index is 2.70. The van der Waals surface area contributed by atoms with Gasteiger partial charge < -0.3 is 10.2 Å². The summed E-state index contributed by atoms with van der Waals surface area (Å²) in [6.45, 7) is 2.70. The molecule has 0 fully saturated rings. The fourth-order valence-corrected chi connectivity index (χ4v) is 1.94. The van der Waals surface area contributed by atoms with Crippen molar-refractivity contribution in [3.05, 3.63) is 35.1 Å². The van der Waals surface area contributed by atoms with E-state index in [0.29, 0.717) is 18.7 Å². The summed E-state index contributed by atoms with van der Waals surface area (Å²) in [5.41, 5.74) is 0.510. The average Bonchev–Trinajstić information content (AvgIpc) is 2.40. The van der Waals surface area contributed by atoms with E-state index in [0.717, 1.165) is 0 Å². The molecular weight excluding hydrogens is 245 g/mol. The molecule has 0 aliphatic carbocycles. The maximum Gasteiger partial charge on any atom is 0.223 e. The van der Waals surface area contributed by atoms with Gasteiger partial charge in [0.05, 0.1) is 5.56 Å². The van der Waals surface area contributed by atoms with E-state index < -0.39 is 5.82 Å². The number of benzene rings is 1. The molecule has 1 aromatic carbocycles. The number of nitriles is 1. The average molecular weight is 263 g/mol. The zero-order valence-corrected chi connectivity index (χ0v) is 11.4. The lowest BCUT2D eigenvalue weighted by molar-refractivity contribution is -0.124. The lowest BCUT2D eigenvalue weighted by Crippen LogP contribution is -2.34. The quantitative estimate of drug-likeness (QED) is 0.876. The molecule has 1 rings (SSSR count). The van der Waals surface area contributed by atoms with E-state index >= 15 is 0 Å². The fourth-order valence-electron chi connectivity index (χ4n) is 1.94. The zero-order valence-electron chi connectivity index (χ0n) is 11.4. The summed E-state index contributed by atoms with van der Waals surface area (Å²) in [4.78, 5) is 13.3. The van der Waals surface area contributed by atoms with Gasteiger partial charge in [-0.05, 0) is 13.1 Å². The van der Waals surface area contributed by atoms with E-state index in [2.05, 4.69) is 5.32 Å². The number of amides is 1. The maximum atomic E-state index is 13.9. The largest absolute Gasteiger partial charge is 0.359 e. The van der Waals surface area contributed by atoms with Crippen molar-refractivity contribution in [1.82, 2.24) is 10.2 Å². The molecule has 0 radical (unpaired) electrons. The highest BCUT2D eigenvalue weighted by molar-refractivity contribution is 5.78. The van der Waals surface area contributed by atoms with Gasteiger partial charge in [-0.25, -0.2) is 4.39 Å². The van der Waals surface area contributed by atoms with Gasteiger partial charge >= 0.3 is 0 Å². The molecule has 102 valence electrons. The van der Waals surface area contributed by atoms with Gasteiger partial charge in [0.15, 0.2) is 0 Å². The molecule has 1 aromatic rings. The Labute approximate surface area is 112 Å². The minimum atomic E-state index is -0.482. The van der Waals surface area contributed by atoms with Gasteiger partial charge in [-0.15, -0.1) is 0 Å². The molecule has 1 N–H and O–H groups in total. The monoisotopic (exact) mass is 263 g/mol. The van der Waals surface area contributed by atoms with Gasteiger partial charge in [-0.1, -0.05) is 19.1 Å². The molecule has 0 aliphatic rings. The van der Waals surface area contributed by atoms with E-state index in [9.17, 15) is 9.18 Å². The number of nitrogens with one attached hydrogen (secondary N) is 1. The molecular formula is C14H18FN3O. The first-order chi connectivity index (χ1) is 8.99. The molecule has 0 aliphatic heterocycles. The van der Waals surface area contributed by atoms with Gasteiger partial charge in [-0.3, -0.25) is 4.79 Å². The Morgan fingerprint density at radius 2 is 2.26 bits per heavy atom. The number of nitrogens with zero attached hydrogens (tertiary/aromatic N) is 2. The summed E-state index contributed by atoms with van der Waals surface area (Å²) in [7, 11) is 3.41. The standard InChI is InChI=1S/C14H18FN3O/c1-10(14(19)17-2)8-18(3)9-12-6-4-5-11(7-16)13(12)15/h4-6,10H,8-9H2,1-3H3,(H,17,19). The zero-order chi connectivity index (χ0) is 14.4. The molecule has 1 amide bonds. The van der Waals surface area contributed by atoms with E-state index in [-0.39, 0.29) is 17.4 Å². The summed E-state index contributed by atoms with van der Waals surface area (Å²) in [5, 5.41) is 11.4. The van der Waals surface area contributed by atoms with Crippen molar-refractivity contribution in [1.29, 1.82) is 5.26 Å². The van der Waals surface area contributed by atoms with Crippen molar-refractivity contribution in [2.75, 3.05) is 20.6 Å². The number of rotatable bonds is 5. The van der Waals surface area contributed by atoms with Crippen LogP contribution in [-0.4, -0.2) is 31.4 Å². The van der Waals surface area contributed by atoms with Crippen LogP contribution in [0.25, 0.3) is 0 Å². The smallest absolute Gasteiger partial charge is 0.223 e. The van der Waals surface area contributed by atoms with E-state index in [1.807, 2.05) is 24.9 Å². The van der Waals surface area contributed by atoms with Crippen molar-refractivity contribution in [3.8, 4) is 6.07 Å². The van der Waals surface area contributed by atoms with Gasteiger partial charge in [0.25, 0.3) is 0 Å². The first-order valence-electron chi connectivity index (χ1n) is 6.07. The highest BCUT2D eigenvalue weighted by atomic mass is 19.1. The third-order valence-corrected chi connectivity index (χ3v) is 2.92. The Bertz CT molecular complexity index is 496. The van der Waals surface area contributed by atoms with E-state index in [1.54, 1.807) is 19.2 Å². The summed E-state index contributed by atoms with van der Waals surface area (Å²) in [6.07, 6.45) is 0. The van der Waals surface area contributed by atoms with Crippen LogP contribution in [0.4, 0.5) is 4.39 Å². The Morgan fingerprint density at radius 3 is 2.84 bits per heavy atom. The minimum Gasteiger partial charge on any atom is -0.359 e. The molecule has 0 bridgehead atoms. The van der Waals surface area contributed by atoms with Crippen LogP contribution in [0.15, 0.2) is 18.2 Å². The molecule has 0 spiro atoms. The lowest BCUT2D eigenvalue weighted by Gasteiger charge is -2.20. The fraction of sp³-hybridized carbons (Fsp3) is 0.429. The number of hydrogen-bond acceptors (Lipinski definition) is 3. The Morgan fingerprint density at radius 1 is 1.58 bits per heavy atom. The van der Waals surface area contributed by atoms with Crippen molar-refractivity contribution < 1.29 is 9.18 Å². The van der Waals surface area contributed by atoms with Gasteiger partial charge in [0, 0.05) is 31.6 Å². The van der Waals surface area contributed by atoms with Crippen molar-refractivity contribution in [3.63, 3.8) is 0 Å². The number of carbonyl (C=O) groups excluding carboxylic acids is 1. The van der Waals surface area contributed by atoms with Crippen LogP contribution in [0, 0.1) is 23.1 Å². The maximum absolute atomic E-state index is 13.9. The van der Waals surface area contributed by atoms with Crippen LogP contribution in [0.5, 0.6) is 0 Å². The normalized spacial score (nSPS) is 12.0. The Kier molecular flexibility index (Phi) is 5.46. The second-order valence-electron chi connectivity index (χ2n) is 4.60. The molecule has 0 aromatic heterocycles. The van der Waals surface area contributed by atoms with Crippen molar-refractivity contribution in [2.24, 2.45) is 5.92 Å². The molecule has 19 heavy (non-hydrogen) atoms. The van der Waals surface area contributed by atoms with Gasteiger partial charge in [0.2, 0.25) is 5.91 Å². The molecule has 4 nitrogen and oxygen atoms in total. The van der Waals surface area contributed by atoms with Crippen LogP contribution in [0.1, 0.15) is 18.1 Å². The molecule has 1 unspecified atom stereocenters. The third-order valence-electron chi connectivity index (χ3n) is 2.92. The predicted molar refractivity (Wildman–Crippen MR) is 70.7 cm³/mol. The van der Waals surface area contributed by atoms with Crippen LogP contribution < -0.4 is 5.32 Å². The molecule has 0 saturated carbocycles. The number of hydrogen-bond donors (Lipinski definition) is 1. The van der Waals surface area contributed by atoms with E-state index in [4.69, 9.17) is 5.26 Å². The highest BCUT2D eigenvalue weighted by Gasteiger charge is 2.15. The van der Waals surface area contributed by atoms with Crippen molar-refractivity contribution in [2.45, 2.75) is 13.5 Å². The first kappa shape index (κ1) is 15.1. The predicted octanol–water partition coefficient (Wildman–Crippen LogP) is 1.51. The van der Waals surface area contributed by atoms with Crippen LogP contribution in [0.3, 0.4) is 0 Å². The molecule has 0 saturated heterocycles. The molecule has 0 heterocycles. The Hall–Kier alpha value is -1.93. The molecule has 1 atom stereocenters. The topological polar surface area (TPSA) is 56.1 Å². The third kappa shape index (κ3) is 4.04. The first-order valence-corrected chi connectivity index (χ1v) is 6.07. The molecule has 5 heteroatoms. The number of carbonyl (C=O) groups is 1. The van der Waals surface area contributed by atoms with Gasteiger partial charge in [0.1, 0.15) is 11.9 Å². The second kappa shape index (κ2) is 6.86. The number of halogens is 1. The van der Waals surface area contributed by atoms with E-state index in [1.165, 1.54) is 6.07 Å². The summed E-state index contributed by atoms with van der Waals surface area (Å²) < 4.78 is 13.9.